The highest BCUT2D eigenvalue weighted by Gasteiger charge is 2.37. The predicted molar refractivity (Wildman–Crippen MR) is 79.1 cm³/mol. The van der Waals surface area contributed by atoms with Gasteiger partial charge in [0, 0.05) is 32.3 Å². The summed E-state index contributed by atoms with van der Waals surface area (Å²) in [6.45, 7) is 2.86. The standard InChI is InChI=1S/C14H25N5O2/c1-18(9-13-15-14(20)17-16-13)11-4-3-5-12(11)19-7-6-10(8-19)21-2/h10-12H,3-9H2,1-2H3,(H2,15,16,17,20)/t10?,11-,12+/m1/s1. The maximum Gasteiger partial charge on any atom is 0.340 e. The van der Waals surface area contributed by atoms with Crippen molar-refractivity contribution in [2.75, 3.05) is 27.2 Å². The Morgan fingerprint density at radius 1 is 1.43 bits per heavy atom. The summed E-state index contributed by atoms with van der Waals surface area (Å²) in [6.07, 6.45) is 5.26. The summed E-state index contributed by atoms with van der Waals surface area (Å²) in [5, 5.41) is 6.44. The molecule has 0 bridgehead atoms. The maximum atomic E-state index is 11.1. The highest BCUT2D eigenvalue weighted by Crippen LogP contribution is 2.31. The van der Waals surface area contributed by atoms with E-state index in [1.165, 1.54) is 19.3 Å². The zero-order chi connectivity index (χ0) is 14.8. The number of likely N-dealkylation sites (tertiary alicyclic amines) is 1. The number of likely N-dealkylation sites (N-methyl/N-ethyl adjacent to an activating group) is 1. The zero-order valence-corrected chi connectivity index (χ0v) is 12.8. The molecule has 0 spiro atoms. The Balaban J connectivity index is 1.62. The number of methoxy groups -OCH3 is 1. The molecule has 7 nitrogen and oxygen atoms in total. The smallest absolute Gasteiger partial charge is 0.340 e. The van der Waals surface area contributed by atoms with Gasteiger partial charge in [-0.2, -0.15) is 5.10 Å². The lowest BCUT2D eigenvalue weighted by Gasteiger charge is -2.34. The molecule has 21 heavy (non-hydrogen) atoms. The van der Waals surface area contributed by atoms with Crippen LogP contribution in [0.5, 0.6) is 0 Å². The molecule has 118 valence electrons. The molecule has 3 rings (SSSR count). The van der Waals surface area contributed by atoms with Crippen molar-refractivity contribution in [3.63, 3.8) is 0 Å². The summed E-state index contributed by atoms with van der Waals surface area (Å²) in [6, 6.07) is 1.13. The summed E-state index contributed by atoms with van der Waals surface area (Å²) in [7, 11) is 3.93. The van der Waals surface area contributed by atoms with E-state index in [1.54, 1.807) is 7.11 Å². The van der Waals surface area contributed by atoms with Gasteiger partial charge in [-0.05, 0) is 26.3 Å². The van der Waals surface area contributed by atoms with E-state index in [2.05, 4.69) is 32.0 Å². The Morgan fingerprint density at radius 2 is 2.29 bits per heavy atom. The van der Waals surface area contributed by atoms with Crippen molar-refractivity contribution in [3.05, 3.63) is 16.3 Å². The van der Waals surface area contributed by atoms with Crippen LogP contribution in [0.3, 0.4) is 0 Å². The van der Waals surface area contributed by atoms with Crippen molar-refractivity contribution >= 4 is 0 Å². The number of aromatic amines is 2. The van der Waals surface area contributed by atoms with Crippen LogP contribution in [0.25, 0.3) is 0 Å². The van der Waals surface area contributed by atoms with E-state index in [9.17, 15) is 4.79 Å². The molecule has 2 heterocycles. The van der Waals surface area contributed by atoms with E-state index >= 15 is 0 Å². The van der Waals surface area contributed by atoms with Crippen LogP contribution in [0.4, 0.5) is 0 Å². The number of nitrogens with one attached hydrogen (secondary N) is 2. The molecule has 1 aliphatic carbocycles. The lowest BCUT2D eigenvalue weighted by atomic mass is 10.1. The first-order valence-electron chi connectivity index (χ1n) is 7.78. The topological polar surface area (TPSA) is 77.2 Å². The number of hydrogen-bond donors (Lipinski definition) is 2. The molecule has 2 fully saturated rings. The van der Waals surface area contributed by atoms with Crippen LogP contribution in [-0.4, -0.2) is 70.4 Å². The first-order chi connectivity index (χ1) is 10.2. The molecule has 1 aliphatic heterocycles. The monoisotopic (exact) mass is 295 g/mol. The number of hydrogen-bond acceptors (Lipinski definition) is 5. The van der Waals surface area contributed by atoms with Crippen LogP contribution in [0, 0.1) is 0 Å². The number of nitrogens with zero attached hydrogens (tertiary/aromatic N) is 3. The first-order valence-corrected chi connectivity index (χ1v) is 7.78. The number of H-pyrrole nitrogens is 2. The highest BCUT2D eigenvalue weighted by molar-refractivity contribution is 4.95. The molecule has 1 saturated heterocycles. The first kappa shape index (κ1) is 14.7. The average Bonchev–Trinajstić information content (AvgIpc) is 3.17. The van der Waals surface area contributed by atoms with E-state index in [0.29, 0.717) is 30.6 Å². The lowest BCUT2D eigenvalue weighted by molar-refractivity contribution is 0.0836. The van der Waals surface area contributed by atoms with Gasteiger partial charge < -0.3 is 4.74 Å². The Labute approximate surface area is 124 Å². The van der Waals surface area contributed by atoms with Gasteiger partial charge in [-0.25, -0.2) is 9.89 Å². The summed E-state index contributed by atoms with van der Waals surface area (Å²) in [4.78, 5) is 18.8. The van der Waals surface area contributed by atoms with Crippen LogP contribution in [0.2, 0.25) is 0 Å². The van der Waals surface area contributed by atoms with Gasteiger partial charge in [0.15, 0.2) is 0 Å². The lowest BCUT2D eigenvalue weighted by Crippen LogP contribution is -2.46. The summed E-state index contributed by atoms with van der Waals surface area (Å²) < 4.78 is 5.49. The van der Waals surface area contributed by atoms with Gasteiger partial charge in [-0.1, -0.05) is 6.42 Å². The third kappa shape index (κ3) is 3.20. The Bertz CT molecular complexity index is 513. The average molecular weight is 295 g/mol. The highest BCUT2D eigenvalue weighted by atomic mass is 16.5. The molecule has 0 amide bonds. The minimum absolute atomic E-state index is 0.233. The van der Waals surface area contributed by atoms with Crippen molar-refractivity contribution in [2.24, 2.45) is 0 Å². The fraction of sp³-hybridized carbons (Fsp3) is 0.857. The van der Waals surface area contributed by atoms with Gasteiger partial charge in [0.2, 0.25) is 0 Å². The van der Waals surface area contributed by atoms with E-state index in [1.807, 2.05) is 0 Å². The van der Waals surface area contributed by atoms with Crippen LogP contribution in [0.15, 0.2) is 4.79 Å². The molecule has 0 radical (unpaired) electrons. The fourth-order valence-corrected chi connectivity index (χ4v) is 3.84. The number of rotatable bonds is 5. The van der Waals surface area contributed by atoms with E-state index < -0.39 is 0 Å². The molecule has 2 N–H and O–H groups in total. The minimum Gasteiger partial charge on any atom is -0.380 e. The molecule has 1 aromatic rings. The molecule has 0 aromatic carbocycles. The van der Waals surface area contributed by atoms with Crippen molar-refractivity contribution in [1.82, 2.24) is 25.0 Å². The summed E-state index contributed by atoms with van der Waals surface area (Å²) in [5.74, 6) is 0.712. The second kappa shape index (κ2) is 6.29. The predicted octanol–water partition coefficient (Wildman–Crippen LogP) is 0.172. The Kier molecular flexibility index (Phi) is 4.42. The second-order valence-corrected chi connectivity index (χ2v) is 6.25. The second-order valence-electron chi connectivity index (χ2n) is 6.25. The SMILES string of the molecule is COC1CCN([C@H]2CCC[C@H]2N(C)Cc2n[nH]c(=O)[nH]2)C1. The van der Waals surface area contributed by atoms with Gasteiger partial charge in [0.25, 0.3) is 0 Å². The van der Waals surface area contributed by atoms with Crippen LogP contribution < -0.4 is 5.69 Å². The normalized spacial score (nSPS) is 30.5. The molecule has 3 atom stereocenters. The van der Waals surface area contributed by atoms with Gasteiger partial charge >= 0.3 is 5.69 Å². The summed E-state index contributed by atoms with van der Waals surface area (Å²) in [5.41, 5.74) is -0.233. The van der Waals surface area contributed by atoms with Crippen molar-refractivity contribution < 1.29 is 4.74 Å². The van der Waals surface area contributed by atoms with Crippen LogP contribution in [-0.2, 0) is 11.3 Å². The Morgan fingerprint density at radius 3 is 2.95 bits per heavy atom. The van der Waals surface area contributed by atoms with Gasteiger partial charge in [0.1, 0.15) is 5.82 Å². The molecule has 2 aliphatic rings. The summed E-state index contributed by atoms with van der Waals surface area (Å²) >= 11 is 0. The van der Waals surface area contributed by atoms with Crippen molar-refractivity contribution in [2.45, 2.75) is 50.4 Å². The molecular formula is C14H25N5O2. The molecular weight excluding hydrogens is 270 g/mol. The van der Waals surface area contributed by atoms with Crippen LogP contribution in [0.1, 0.15) is 31.5 Å². The zero-order valence-electron chi connectivity index (χ0n) is 12.8. The molecule has 1 unspecified atom stereocenters. The van der Waals surface area contributed by atoms with Crippen LogP contribution >= 0.6 is 0 Å². The van der Waals surface area contributed by atoms with E-state index in [0.717, 1.165) is 19.5 Å². The third-order valence-corrected chi connectivity index (χ3v) is 4.94. The van der Waals surface area contributed by atoms with E-state index in [4.69, 9.17) is 4.74 Å². The fourth-order valence-electron chi connectivity index (χ4n) is 3.84. The van der Waals surface area contributed by atoms with Gasteiger partial charge in [-0.3, -0.25) is 14.8 Å². The van der Waals surface area contributed by atoms with Gasteiger partial charge in [0.05, 0.1) is 12.6 Å². The van der Waals surface area contributed by atoms with Crippen molar-refractivity contribution in [1.29, 1.82) is 0 Å². The molecule has 1 aromatic heterocycles. The number of ether oxygens (including phenoxy) is 1. The number of aromatic nitrogens is 3. The molecule has 1 saturated carbocycles. The largest absolute Gasteiger partial charge is 0.380 e. The van der Waals surface area contributed by atoms with Gasteiger partial charge in [-0.15, -0.1) is 0 Å². The molecule has 7 heteroatoms. The third-order valence-electron chi connectivity index (χ3n) is 4.94. The quantitative estimate of drug-likeness (QED) is 0.810. The Hall–Kier alpha value is -1.18. The maximum absolute atomic E-state index is 11.1. The van der Waals surface area contributed by atoms with Crippen molar-refractivity contribution in [3.8, 4) is 0 Å². The van der Waals surface area contributed by atoms with E-state index in [-0.39, 0.29) is 5.69 Å². The minimum atomic E-state index is -0.233.